The van der Waals surface area contributed by atoms with Crippen LogP contribution in [0.2, 0.25) is 0 Å². The Morgan fingerprint density at radius 3 is 2.61 bits per heavy atom. The Hall–Kier alpha value is -2.97. The Kier molecular flexibility index (Phi) is 7.59. The van der Waals surface area contributed by atoms with Crippen LogP contribution in [0, 0.1) is 0 Å². The van der Waals surface area contributed by atoms with Crippen LogP contribution in [0.15, 0.2) is 36.5 Å². The van der Waals surface area contributed by atoms with Gasteiger partial charge < -0.3 is 19.7 Å². The van der Waals surface area contributed by atoms with Gasteiger partial charge >= 0.3 is 6.18 Å². The molecule has 1 N–H and O–H groups in total. The molecular weight excluding hydrogens is 411 g/mol. The molecule has 0 radical (unpaired) electrons. The number of ether oxygens (including phenoxy) is 2. The number of amides is 1. The quantitative estimate of drug-likeness (QED) is 0.645. The number of nitrogens with one attached hydrogen (secondary N) is 1. The number of pyridine rings is 1. The van der Waals surface area contributed by atoms with Crippen molar-refractivity contribution in [3.8, 4) is 11.5 Å². The average molecular weight is 437 g/mol. The molecule has 3 rings (SSSR count). The molecular formula is C22H26F3N3O3. The highest BCUT2D eigenvalue weighted by molar-refractivity contribution is 5.76. The topological polar surface area (TPSA) is 63.7 Å². The van der Waals surface area contributed by atoms with E-state index >= 15 is 0 Å². The number of anilines is 1. The summed E-state index contributed by atoms with van der Waals surface area (Å²) in [7, 11) is 1.36. The minimum absolute atomic E-state index is 0.0134. The zero-order valence-corrected chi connectivity index (χ0v) is 17.4. The minimum atomic E-state index is -4.42. The summed E-state index contributed by atoms with van der Waals surface area (Å²) in [4.78, 5) is 18.9. The molecule has 1 aromatic carbocycles. The van der Waals surface area contributed by atoms with Gasteiger partial charge in [0.15, 0.2) is 18.1 Å². The van der Waals surface area contributed by atoms with Crippen LogP contribution in [0.4, 0.5) is 19.0 Å². The maximum Gasteiger partial charge on any atom is 0.422 e. The fraction of sp³-hybridized carbons (Fsp3) is 0.455. The first-order chi connectivity index (χ1) is 14.8. The lowest BCUT2D eigenvalue weighted by Gasteiger charge is -2.17. The van der Waals surface area contributed by atoms with Crippen molar-refractivity contribution < 1.29 is 27.4 Å². The predicted molar refractivity (Wildman–Crippen MR) is 110 cm³/mol. The van der Waals surface area contributed by atoms with E-state index in [4.69, 9.17) is 9.47 Å². The Balaban J connectivity index is 1.48. The van der Waals surface area contributed by atoms with E-state index in [1.54, 1.807) is 18.3 Å². The summed E-state index contributed by atoms with van der Waals surface area (Å²) in [6, 6.07) is 8.52. The van der Waals surface area contributed by atoms with E-state index in [1.165, 1.54) is 26.0 Å². The van der Waals surface area contributed by atoms with Crippen molar-refractivity contribution in [1.29, 1.82) is 0 Å². The van der Waals surface area contributed by atoms with E-state index < -0.39 is 12.8 Å². The maximum atomic E-state index is 12.3. The lowest BCUT2D eigenvalue weighted by Crippen LogP contribution is -2.24. The molecule has 31 heavy (non-hydrogen) atoms. The molecule has 0 aliphatic carbocycles. The van der Waals surface area contributed by atoms with Gasteiger partial charge in [-0.1, -0.05) is 6.07 Å². The standard InChI is InChI=1S/C22H26F3N3O3/c1-30-19-12-16(4-6-18(19)31-15-22(23,24)25)5-7-21(29)27-14-17-8-9-26-20(13-17)28-10-2-3-11-28/h4,6,8-9,12-13H,2-3,5,7,10-11,14-15H2,1H3,(H,27,29). The summed E-state index contributed by atoms with van der Waals surface area (Å²) < 4.78 is 46.9. The summed E-state index contributed by atoms with van der Waals surface area (Å²) in [5, 5.41) is 2.90. The summed E-state index contributed by atoms with van der Waals surface area (Å²) in [5.41, 5.74) is 1.75. The first-order valence-corrected chi connectivity index (χ1v) is 10.2. The number of halogens is 3. The Bertz CT molecular complexity index is 884. The number of alkyl halides is 3. The largest absolute Gasteiger partial charge is 0.493 e. The van der Waals surface area contributed by atoms with Crippen molar-refractivity contribution in [1.82, 2.24) is 10.3 Å². The molecule has 0 spiro atoms. The van der Waals surface area contributed by atoms with Gasteiger partial charge in [0.05, 0.1) is 7.11 Å². The summed E-state index contributed by atoms with van der Waals surface area (Å²) in [5.74, 6) is 1.04. The van der Waals surface area contributed by atoms with Crippen LogP contribution in [0.1, 0.15) is 30.4 Å². The molecule has 0 saturated carbocycles. The zero-order chi connectivity index (χ0) is 22.3. The van der Waals surface area contributed by atoms with Crippen LogP contribution in [0.5, 0.6) is 11.5 Å². The number of rotatable bonds is 9. The van der Waals surface area contributed by atoms with Crippen LogP contribution in [-0.2, 0) is 17.8 Å². The summed E-state index contributed by atoms with van der Waals surface area (Å²) in [6.45, 7) is 1.04. The number of nitrogens with zero attached hydrogens (tertiary/aromatic N) is 2. The van der Waals surface area contributed by atoms with Crippen LogP contribution < -0.4 is 19.7 Å². The van der Waals surface area contributed by atoms with E-state index in [0.717, 1.165) is 30.0 Å². The summed E-state index contributed by atoms with van der Waals surface area (Å²) >= 11 is 0. The fourth-order valence-electron chi connectivity index (χ4n) is 3.38. The van der Waals surface area contributed by atoms with Gasteiger partial charge in [0.1, 0.15) is 5.82 Å². The lowest BCUT2D eigenvalue weighted by molar-refractivity contribution is -0.153. The third-order valence-electron chi connectivity index (χ3n) is 4.99. The second-order valence-electron chi connectivity index (χ2n) is 7.38. The van der Waals surface area contributed by atoms with E-state index in [2.05, 4.69) is 15.2 Å². The monoisotopic (exact) mass is 437 g/mol. The normalized spacial score (nSPS) is 13.9. The minimum Gasteiger partial charge on any atom is -0.493 e. The third-order valence-corrected chi connectivity index (χ3v) is 4.99. The average Bonchev–Trinajstić information content (AvgIpc) is 3.29. The fourth-order valence-corrected chi connectivity index (χ4v) is 3.38. The molecule has 2 aromatic rings. The highest BCUT2D eigenvalue weighted by atomic mass is 19.4. The van der Waals surface area contributed by atoms with Crippen molar-refractivity contribution in [2.45, 2.75) is 38.4 Å². The second kappa shape index (κ2) is 10.4. The predicted octanol–water partition coefficient (Wildman–Crippen LogP) is 3.88. The van der Waals surface area contributed by atoms with Crippen molar-refractivity contribution in [3.05, 3.63) is 47.7 Å². The number of aryl methyl sites for hydroxylation is 1. The van der Waals surface area contributed by atoms with E-state index in [-0.39, 0.29) is 23.8 Å². The Labute approximate surface area is 179 Å². The van der Waals surface area contributed by atoms with Crippen molar-refractivity contribution in [2.24, 2.45) is 0 Å². The van der Waals surface area contributed by atoms with Crippen molar-refractivity contribution >= 4 is 11.7 Å². The molecule has 168 valence electrons. The number of carbonyl (C=O) groups is 1. The third kappa shape index (κ3) is 7.04. The molecule has 1 aliphatic rings. The lowest BCUT2D eigenvalue weighted by atomic mass is 10.1. The van der Waals surface area contributed by atoms with Gasteiger partial charge in [0, 0.05) is 32.3 Å². The highest BCUT2D eigenvalue weighted by Gasteiger charge is 2.29. The van der Waals surface area contributed by atoms with Gasteiger partial charge in [0.25, 0.3) is 0 Å². The molecule has 0 unspecified atom stereocenters. The molecule has 1 aliphatic heterocycles. The Morgan fingerprint density at radius 1 is 1.13 bits per heavy atom. The first kappa shape index (κ1) is 22.7. The molecule has 6 nitrogen and oxygen atoms in total. The van der Waals surface area contributed by atoms with Crippen LogP contribution >= 0.6 is 0 Å². The van der Waals surface area contributed by atoms with E-state index in [1.807, 2.05) is 12.1 Å². The van der Waals surface area contributed by atoms with Crippen molar-refractivity contribution in [3.63, 3.8) is 0 Å². The van der Waals surface area contributed by atoms with Gasteiger partial charge in [-0.3, -0.25) is 4.79 Å². The number of hydrogen-bond donors (Lipinski definition) is 1. The number of hydrogen-bond acceptors (Lipinski definition) is 5. The van der Waals surface area contributed by atoms with E-state index in [0.29, 0.717) is 13.0 Å². The first-order valence-electron chi connectivity index (χ1n) is 10.2. The molecule has 1 fully saturated rings. The highest BCUT2D eigenvalue weighted by Crippen LogP contribution is 2.30. The van der Waals surface area contributed by atoms with Crippen LogP contribution in [0.25, 0.3) is 0 Å². The SMILES string of the molecule is COc1cc(CCC(=O)NCc2ccnc(N3CCCC3)c2)ccc1OCC(F)(F)F. The van der Waals surface area contributed by atoms with Gasteiger partial charge in [-0.15, -0.1) is 0 Å². The van der Waals surface area contributed by atoms with Crippen LogP contribution in [0.3, 0.4) is 0 Å². The number of aromatic nitrogens is 1. The van der Waals surface area contributed by atoms with Crippen molar-refractivity contribution in [2.75, 3.05) is 31.7 Å². The van der Waals surface area contributed by atoms with Gasteiger partial charge in [-0.2, -0.15) is 13.2 Å². The molecule has 1 saturated heterocycles. The van der Waals surface area contributed by atoms with Gasteiger partial charge in [0.2, 0.25) is 5.91 Å². The Morgan fingerprint density at radius 2 is 1.90 bits per heavy atom. The van der Waals surface area contributed by atoms with Gasteiger partial charge in [-0.25, -0.2) is 4.98 Å². The number of benzene rings is 1. The second-order valence-corrected chi connectivity index (χ2v) is 7.38. The molecule has 1 aromatic heterocycles. The molecule has 0 bridgehead atoms. The molecule has 2 heterocycles. The van der Waals surface area contributed by atoms with Gasteiger partial charge in [-0.05, 0) is 54.7 Å². The molecule has 9 heteroatoms. The molecule has 0 atom stereocenters. The summed E-state index contributed by atoms with van der Waals surface area (Å²) in [6.07, 6.45) is 0.342. The molecule has 1 amide bonds. The number of carbonyl (C=O) groups excluding carboxylic acids is 1. The maximum absolute atomic E-state index is 12.3. The van der Waals surface area contributed by atoms with E-state index in [9.17, 15) is 18.0 Å². The zero-order valence-electron chi connectivity index (χ0n) is 17.4. The van der Waals surface area contributed by atoms with Crippen LogP contribution in [-0.4, -0.2) is 43.9 Å². The number of methoxy groups -OCH3 is 1. The smallest absolute Gasteiger partial charge is 0.422 e.